The number of hydrogen-bond acceptors (Lipinski definition) is 4. The molecule has 0 spiro atoms. The van der Waals surface area contributed by atoms with E-state index in [4.69, 9.17) is 14.6 Å². The highest BCUT2D eigenvalue weighted by Crippen LogP contribution is 2.31. The van der Waals surface area contributed by atoms with E-state index in [9.17, 15) is 9.90 Å². The summed E-state index contributed by atoms with van der Waals surface area (Å²) in [6.07, 6.45) is -0.743. The molecule has 5 nitrogen and oxygen atoms in total. The third kappa shape index (κ3) is 3.13. The van der Waals surface area contributed by atoms with Crippen molar-refractivity contribution in [2.24, 2.45) is 5.92 Å². The molecule has 0 radical (unpaired) electrons. The van der Waals surface area contributed by atoms with E-state index in [-0.39, 0.29) is 0 Å². The van der Waals surface area contributed by atoms with Gasteiger partial charge in [0.15, 0.2) is 0 Å². The van der Waals surface area contributed by atoms with Crippen LogP contribution in [-0.2, 0) is 4.79 Å². The molecule has 0 heterocycles. The van der Waals surface area contributed by atoms with Crippen molar-refractivity contribution in [3.05, 3.63) is 23.8 Å². The zero-order valence-electron chi connectivity index (χ0n) is 10.7. The molecule has 2 atom stereocenters. The van der Waals surface area contributed by atoms with Crippen molar-refractivity contribution in [2.45, 2.75) is 19.4 Å². The number of benzene rings is 1. The molecular formula is C13H18O5. The van der Waals surface area contributed by atoms with E-state index in [1.165, 1.54) is 14.2 Å². The molecule has 0 amide bonds. The highest BCUT2D eigenvalue weighted by molar-refractivity contribution is 5.71. The first-order valence-electron chi connectivity index (χ1n) is 5.67. The standard InChI is InChI=1S/C13H18O5/c1-4-11(13(15)16)12(14)8-5-9(17-2)7-10(6-8)18-3/h5-7,11-12,14H,4H2,1-3H3,(H,15,16). The maximum atomic E-state index is 11.0. The lowest BCUT2D eigenvalue weighted by Crippen LogP contribution is -2.21. The number of aliphatic hydroxyl groups is 1. The summed E-state index contributed by atoms with van der Waals surface area (Å²) in [5.41, 5.74) is 0.473. The third-order valence-corrected chi connectivity index (χ3v) is 2.85. The number of carbonyl (C=O) groups is 1. The second-order valence-electron chi connectivity index (χ2n) is 3.94. The smallest absolute Gasteiger partial charge is 0.309 e. The van der Waals surface area contributed by atoms with Crippen LogP contribution in [0.1, 0.15) is 25.0 Å². The van der Waals surface area contributed by atoms with Crippen molar-refractivity contribution < 1.29 is 24.5 Å². The van der Waals surface area contributed by atoms with E-state index in [2.05, 4.69) is 0 Å². The number of rotatable bonds is 6. The molecule has 1 rings (SSSR count). The van der Waals surface area contributed by atoms with Gasteiger partial charge in [-0.1, -0.05) is 6.92 Å². The van der Waals surface area contributed by atoms with E-state index in [1.807, 2.05) is 0 Å². The number of carboxylic acids is 1. The predicted octanol–water partition coefficient (Wildman–Crippen LogP) is 1.85. The molecule has 0 fully saturated rings. The largest absolute Gasteiger partial charge is 0.497 e. The van der Waals surface area contributed by atoms with Crippen molar-refractivity contribution in [1.82, 2.24) is 0 Å². The minimum atomic E-state index is -1.09. The molecule has 18 heavy (non-hydrogen) atoms. The Morgan fingerprint density at radius 1 is 1.22 bits per heavy atom. The lowest BCUT2D eigenvalue weighted by molar-refractivity contribution is -0.146. The first-order chi connectivity index (χ1) is 8.53. The van der Waals surface area contributed by atoms with Crippen molar-refractivity contribution in [1.29, 1.82) is 0 Å². The molecule has 0 aliphatic heterocycles. The Labute approximate surface area is 106 Å². The Hall–Kier alpha value is -1.75. The van der Waals surface area contributed by atoms with Gasteiger partial charge in [-0.25, -0.2) is 0 Å². The first-order valence-corrected chi connectivity index (χ1v) is 5.67. The van der Waals surface area contributed by atoms with Crippen LogP contribution >= 0.6 is 0 Å². The molecule has 0 aliphatic carbocycles. The Balaban J connectivity index is 3.10. The van der Waals surface area contributed by atoms with Gasteiger partial charge in [-0.15, -0.1) is 0 Å². The summed E-state index contributed by atoms with van der Waals surface area (Å²) in [4.78, 5) is 11.0. The van der Waals surface area contributed by atoms with Crippen LogP contribution in [-0.4, -0.2) is 30.4 Å². The molecule has 1 aromatic carbocycles. The SMILES string of the molecule is CCC(C(=O)O)C(O)c1cc(OC)cc(OC)c1. The summed E-state index contributed by atoms with van der Waals surface area (Å²) in [7, 11) is 3.00. The molecule has 0 saturated heterocycles. The van der Waals surface area contributed by atoms with Crippen LogP contribution < -0.4 is 9.47 Å². The topological polar surface area (TPSA) is 76.0 Å². The van der Waals surface area contributed by atoms with Crippen LogP contribution in [0.25, 0.3) is 0 Å². The Morgan fingerprint density at radius 3 is 2.06 bits per heavy atom. The van der Waals surface area contributed by atoms with Crippen LogP contribution in [0.3, 0.4) is 0 Å². The lowest BCUT2D eigenvalue weighted by atomic mass is 9.93. The second-order valence-corrected chi connectivity index (χ2v) is 3.94. The Bertz CT molecular complexity index is 394. The van der Waals surface area contributed by atoms with Crippen LogP contribution in [0, 0.1) is 5.92 Å². The molecule has 0 bridgehead atoms. The fourth-order valence-electron chi connectivity index (χ4n) is 1.77. The van der Waals surface area contributed by atoms with E-state index >= 15 is 0 Å². The van der Waals surface area contributed by atoms with Gasteiger partial charge in [-0.2, -0.15) is 0 Å². The lowest BCUT2D eigenvalue weighted by Gasteiger charge is -2.19. The fraction of sp³-hybridized carbons (Fsp3) is 0.462. The third-order valence-electron chi connectivity index (χ3n) is 2.85. The van der Waals surface area contributed by atoms with Gasteiger partial charge in [0.2, 0.25) is 0 Å². The number of aliphatic hydroxyl groups excluding tert-OH is 1. The second kappa shape index (κ2) is 6.26. The molecule has 2 unspecified atom stereocenters. The quantitative estimate of drug-likeness (QED) is 0.810. The molecule has 2 N–H and O–H groups in total. The van der Waals surface area contributed by atoms with Crippen molar-refractivity contribution in [2.75, 3.05) is 14.2 Å². The summed E-state index contributed by atoms with van der Waals surface area (Å²) in [6, 6.07) is 4.88. The first kappa shape index (κ1) is 14.3. The fourth-order valence-corrected chi connectivity index (χ4v) is 1.77. The van der Waals surface area contributed by atoms with Gasteiger partial charge < -0.3 is 19.7 Å². The van der Waals surface area contributed by atoms with Gasteiger partial charge in [0.1, 0.15) is 11.5 Å². The number of ether oxygens (including phenoxy) is 2. The zero-order valence-corrected chi connectivity index (χ0v) is 10.7. The van der Waals surface area contributed by atoms with Crippen molar-refractivity contribution in [3.63, 3.8) is 0 Å². The molecule has 0 aliphatic rings. The van der Waals surface area contributed by atoms with E-state index in [0.717, 1.165) is 0 Å². The molecule has 100 valence electrons. The monoisotopic (exact) mass is 254 g/mol. The molecule has 5 heteroatoms. The van der Waals surface area contributed by atoms with Gasteiger partial charge in [-0.3, -0.25) is 4.79 Å². The number of methoxy groups -OCH3 is 2. The maximum Gasteiger partial charge on any atom is 0.309 e. The summed E-state index contributed by atoms with van der Waals surface area (Å²) in [6.45, 7) is 1.72. The molecular weight excluding hydrogens is 236 g/mol. The van der Waals surface area contributed by atoms with E-state index < -0.39 is 18.0 Å². The summed E-state index contributed by atoms with van der Waals surface area (Å²) < 4.78 is 10.2. The van der Waals surface area contributed by atoms with E-state index in [1.54, 1.807) is 25.1 Å². The number of hydrogen-bond donors (Lipinski definition) is 2. The Morgan fingerprint density at radius 2 is 1.72 bits per heavy atom. The van der Waals surface area contributed by atoms with Gasteiger partial charge in [-0.05, 0) is 24.1 Å². The average Bonchev–Trinajstić information content (AvgIpc) is 2.38. The number of carboxylic acid groups (broad SMARTS) is 1. The van der Waals surface area contributed by atoms with Crippen LogP contribution in [0.5, 0.6) is 11.5 Å². The highest BCUT2D eigenvalue weighted by atomic mass is 16.5. The Kier molecular flexibility index (Phi) is 4.97. The summed E-state index contributed by atoms with van der Waals surface area (Å²) >= 11 is 0. The average molecular weight is 254 g/mol. The zero-order chi connectivity index (χ0) is 13.7. The molecule has 1 aromatic rings. The van der Waals surface area contributed by atoms with Crippen LogP contribution in [0.15, 0.2) is 18.2 Å². The summed E-state index contributed by atoms with van der Waals surface area (Å²) in [5.74, 6) is -0.833. The van der Waals surface area contributed by atoms with Crippen molar-refractivity contribution in [3.8, 4) is 11.5 Å². The van der Waals surface area contributed by atoms with Crippen LogP contribution in [0.2, 0.25) is 0 Å². The predicted molar refractivity (Wildman–Crippen MR) is 65.9 cm³/mol. The van der Waals surface area contributed by atoms with Gasteiger partial charge in [0.25, 0.3) is 0 Å². The van der Waals surface area contributed by atoms with Gasteiger partial charge >= 0.3 is 5.97 Å². The molecule has 0 aromatic heterocycles. The normalized spacial score (nSPS) is 13.8. The van der Waals surface area contributed by atoms with Gasteiger partial charge in [0, 0.05) is 6.07 Å². The minimum Gasteiger partial charge on any atom is -0.497 e. The maximum absolute atomic E-state index is 11.0. The molecule has 0 saturated carbocycles. The minimum absolute atomic E-state index is 0.343. The van der Waals surface area contributed by atoms with Gasteiger partial charge in [0.05, 0.1) is 26.2 Å². The van der Waals surface area contributed by atoms with E-state index in [0.29, 0.717) is 23.5 Å². The van der Waals surface area contributed by atoms with Crippen molar-refractivity contribution >= 4 is 5.97 Å². The number of aliphatic carboxylic acids is 1. The van der Waals surface area contributed by atoms with Crippen LogP contribution in [0.4, 0.5) is 0 Å². The highest BCUT2D eigenvalue weighted by Gasteiger charge is 2.26. The summed E-state index contributed by atoms with van der Waals surface area (Å²) in [5, 5.41) is 19.1.